The Morgan fingerprint density at radius 3 is 2.59 bits per heavy atom. The second-order valence-corrected chi connectivity index (χ2v) is 16.5. The average Bonchev–Trinajstić information content (AvgIpc) is 3.83. The number of thioether (sulfide) groups is 1. The predicted octanol–water partition coefficient (Wildman–Crippen LogP) is 5.29. The van der Waals surface area contributed by atoms with E-state index in [1.54, 1.807) is 44.9 Å². The molecule has 300 valence electrons. The Kier molecular flexibility index (Phi) is 14.6. The third kappa shape index (κ3) is 9.92. The minimum atomic E-state index is -1.80. The SMILES string of the molecule is COc1cc2cc(c1Cl)N(C)C(=O)C[C@H](COC(=O)[C@H](C)N(C)C(=O)CCC(C)SC)[C@]1(C)O[C@H]1[C@H](C)[C@@H]1C[C@@](O)(NC(=O)O1)[C@H](OC)/C=C/C=C(\C)C2. The van der Waals surface area contributed by atoms with Crippen LogP contribution in [0.1, 0.15) is 65.9 Å². The molecule has 0 aliphatic carbocycles. The number of methoxy groups -OCH3 is 2. The van der Waals surface area contributed by atoms with Gasteiger partial charge in [0.2, 0.25) is 11.8 Å². The van der Waals surface area contributed by atoms with E-state index in [1.165, 1.54) is 24.0 Å². The van der Waals surface area contributed by atoms with E-state index in [0.29, 0.717) is 35.9 Å². The van der Waals surface area contributed by atoms with Crippen molar-refractivity contribution in [2.75, 3.05) is 46.1 Å². The topological polar surface area (TPSA) is 156 Å². The van der Waals surface area contributed by atoms with E-state index < -0.39 is 59.6 Å². The first-order valence-electron chi connectivity index (χ1n) is 18.2. The molecule has 1 aromatic rings. The number of carbonyl (C=O) groups is 4. The number of esters is 1. The highest BCUT2D eigenvalue weighted by molar-refractivity contribution is 7.99. The lowest BCUT2D eigenvalue weighted by atomic mass is 9.80. The van der Waals surface area contributed by atoms with E-state index in [2.05, 4.69) is 5.32 Å². The van der Waals surface area contributed by atoms with Crippen LogP contribution >= 0.6 is 23.4 Å². The Bertz CT molecular complexity index is 1620. The van der Waals surface area contributed by atoms with Crippen LogP contribution in [0.2, 0.25) is 5.02 Å². The molecule has 4 rings (SSSR count). The molecule has 2 fully saturated rings. The van der Waals surface area contributed by atoms with E-state index in [9.17, 15) is 24.3 Å². The molecular weight excluding hydrogens is 738 g/mol. The summed E-state index contributed by atoms with van der Waals surface area (Å²) >= 11 is 8.45. The predicted molar refractivity (Wildman–Crippen MR) is 208 cm³/mol. The molecule has 2 saturated heterocycles. The van der Waals surface area contributed by atoms with E-state index in [1.807, 2.05) is 52.2 Å². The number of fused-ring (bicyclic) bond motifs is 5. The zero-order valence-corrected chi connectivity index (χ0v) is 34.5. The van der Waals surface area contributed by atoms with E-state index in [0.717, 1.165) is 11.1 Å². The van der Waals surface area contributed by atoms with Crippen LogP contribution < -0.4 is 15.0 Å². The molecule has 3 heterocycles. The van der Waals surface area contributed by atoms with Crippen molar-refractivity contribution in [3.8, 4) is 5.75 Å². The Hall–Kier alpha value is -3.30. The third-order valence-electron chi connectivity index (χ3n) is 11.1. The Morgan fingerprint density at radius 1 is 1.24 bits per heavy atom. The van der Waals surface area contributed by atoms with Gasteiger partial charge in [0.05, 0.1) is 31.1 Å². The van der Waals surface area contributed by atoms with Gasteiger partial charge in [0.15, 0.2) is 5.72 Å². The van der Waals surface area contributed by atoms with Gasteiger partial charge in [-0.2, -0.15) is 11.8 Å². The number of aliphatic hydroxyl groups is 1. The van der Waals surface area contributed by atoms with Gasteiger partial charge in [-0.15, -0.1) is 0 Å². The summed E-state index contributed by atoms with van der Waals surface area (Å²) in [4.78, 5) is 56.2. The second kappa shape index (κ2) is 18.1. The van der Waals surface area contributed by atoms with Crippen molar-refractivity contribution in [2.45, 2.75) is 108 Å². The summed E-state index contributed by atoms with van der Waals surface area (Å²) in [5, 5.41) is 14.8. The minimum absolute atomic E-state index is 0.0135. The zero-order valence-electron chi connectivity index (χ0n) is 33.0. The summed E-state index contributed by atoms with van der Waals surface area (Å²) in [5.74, 6) is -1.82. The number of hydrogen-bond donors (Lipinski definition) is 2. The van der Waals surface area contributed by atoms with Crippen LogP contribution in [0.3, 0.4) is 0 Å². The molecule has 15 heteroatoms. The van der Waals surface area contributed by atoms with Crippen LogP contribution in [0.15, 0.2) is 35.9 Å². The first-order chi connectivity index (χ1) is 25.4. The number of ether oxygens (including phenoxy) is 5. The molecule has 1 unspecified atom stereocenters. The van der Waals surface area contributed by atoms with Gasteiger partial charge in [-0.3, -0.25) is 14.9 Å². The Morgan fingerprint density at radius 2 is 1.94 bits per heavy atom. The first-order valence-corrected chi connectivity index (χ1v) is 19.9. The quantitative estimate of drug-likeness (QED) is 0.234. The average molecular weight is 794 g/mol. The molecule has 3 amide bonds. The van der Waals surface area contributed by atoms with Gasteiger partial charge in [0.25, 0.3) is 0 Å². The minimum Gasteiger partial charge on any atom is -0.495 e. The summed E-state index contributed by atoms with van der Waals surface area (Å²) in [6.45, 7) is 9.08. The maximum absolute atomic E-state index is 14.2. The number of hydrogen-bond acceptors (Lipinski definition) is 11. The van der Waals surface area contributed by atoms with Gasteiger partial charge in [0, 0.05) is 57.6 Å². The molecule has 0 spiro atoms. The van der Waals surface area contributed by atoms with Crippen LogP contribution in [0.4, 0.5) is 10.5 Å². The molecule has 3 aliphatic heterocycles. The maximum atomic E-state index is 14.2. The lowest BCUT2D eigenvalue weighted by Crippen LogP contribution is -2.63. The van der Waals surface area contributed by atoms with Gasteiger partial charge >= 0.3 is 12.1 Å². The maximum Gasteiger partial charge on any atom is 0.409 e. The van der Waals surface area contributed by atoms with Crippen molar-refractivity contribution in [1.82, 2.24) is 10.2 Å². The van der Waals surface area contributed by atoms with Crippen molar-refractivity contribution in [3.63, 3.8) is 0 Å². The van der Waals surface area contributed by atoms with Gasteiger partial charge in [-0.05, 0) is 57.6 Å². The monoisotopic (exact) mass is 793 g/mol. The van der Waals surface area contributed by atoms with Crippen LogP contribution in [0.25, 0.3) is 0 Å². The fourth-order valence-corrected chi connectivity index (χ4v) is 7.76. The van der Waals surface area contributed by atoms with Crippen molar-refractivity contribution < 1.29 is 48.0 Å². The summed E-state index contributed by atoms with van der Waals surface area (Å²) < 4.78 is 29.1. The molecule has 2 N–H and O–H groups in total. The summed E-state index contributed by atoms with van der Waals surface area (Å²) in [5.41, 5.74) is -0.578. The standard InChI is InChI=1S/C39H56ClN3O10S/c1-22-12-11-13-31(50-9)39(48)20-30(52-37(47)41-39)24(3)35-38(5,53-35)27(21-51-36(46)25(4)42(6)32(44)15-14-23(2)54-10)19-33(45)43(7)28-17-26(16-22)18-29(49-8)34(28)40/h11-13,17-18,23-25,27,30-31,35,48H,14-16,19-21H2,1-10H3,(H,41,47)/b13-11+,22-12+/t23?,24-,25+,27-,30+,31-,35+,38+,39+/m1/s1. The van der Waals surface area contributed by atoms with Gasteiger partial charge in [0.1, 0.15) is 29.0 Å². The molecule has 3 aliphatic rings. The third-order valence-corrected chi connectivity index (χ3v) is 12.5. The number of anilines is 1. The number of epoxide rings is 1. The number of amides is 3. The number of halogens is 1. The van der Waals surface area contributed by atoms with E-state index in [4.69, 9.17) is 35.3 Å². The van der Waals surface area contributed by atoms with Gasteiger partial charge in [-0.1, -0.05) is 49.2 Å². The fourth-order valence-electron chi connectivity index (χ4n) is 7.09. The number of nitrogens with one attached hydrogen (secondary N) is 1. The van der Waals surface area contributed by atoms with Gasteiger partial charge in [-0.25, -0.2) is 9.59 Å². The second-order valence-electron chi connectivity index (χ2n) is 14.9. The lowest BCUT2D eigenvalue weighted by Gasteiger charge is -2.42. The normalized spacial score (nSPS) is 31.4. The van der Waals surface area contributed by atoms with Crippen LogP contribution in [0.5, 0.6) is 5.75 Å². The number of carbonyl (C=O) groups excluding carboxylic acids is 4. The van der Waals surface area contributed by atoms with Crippen molar-refractivity contribution >= 4 is 52.9 Å². The highest BCUT2D eigenvalue weighted by atomic mass is 35.5. The Labute approximate surface area is 328 Å². The van der Waals surface area contributed by atoms with Crippen LogP contribution in [0, 0.1) is 11.8 Å². The van der Waals surface area contributed by atoms with E-state index >= 15 is 0 Å². The number of nitrogens with zero attached hydrogens (tertiary/aromatic N) is 2. The molecule has 4 bridgehead atoms. The highest BCUT2D eigenvalue weighted by Gasteiger charge is 2.63. The number of rotatable bonds is 10. The fraction of sp³-hybridized carbons (Fsp3) is 0.641. The molecule has 9 atom stereocenters. The number of alkyl carbamates (subject to hydrolysis) is 1. The molecule has 0 aromatic heterocycles. The molecular formula is C39H56ClN3O10S. The summed E-state index contributed by atoms with van der Waals surface area (Å²) in [7, 11) is 6.15. The summed E-state index contributed by atoms with van der Waals surface area (Å²) in [6.07, 6.45) is 5.58. The largest absolute Gasteiger partial charge is 0.495 e. The molecule has 0 radical (unpaired) electrons. The van der Waals surface area contributed by atoms with E-state index in [-0.39, 0.29) is 36.3 Å². The van der Waals surface area contributed by atoms with Crippen molar-refractivity contribution in [3.05, 3.63) is 46.5 Å². The summed E-state index contributed by atoms with van der Waals surface area (Å²) in [6, 6.07) is 2.77. The highest BCUT2D eigenvalue weighted by Crippen LogP contribution is 2.51. The van der Waals surface area contributed by atoms with Crippen LogP contribution in [-0.4, -0.2) is 116 Å². The van der Waals surface area contributed by atoms with Gasteiger partial charge < -0.3 is 38.6 Å². The lowest BCUT2D eigenvalue weighted by molar-refractivity contribution is -0.155. The van der Waals surface area contributed by atoms with Crippen molar-refractivity contribution in [2.24, 2.45) is 11.8 Å². The zero-order chi connectivity index (χ0) is 40.1. The number of allylic oxidation sites excluding steroid dienone is 3. The Balaban J connectivity index is 1.69. The smallest absolute Gasteiger partial charge is 0.409 e. The number of benzene rings is 1. The first kappa shape index (κ1) is 43.4. The van der Waals surface area contributed by atoms with Crippen LogP contribution in [-0.2, 0) is 39.8 Å². The van der Waals surface area contributed by atoms with Crippen molar-refractivity contribution in [1.29, 1.82) is 0 Å². The molecule has 1 aromatic carbocycles. The number of likely N-dealkylation sites (N-methyl/N-ethyl adjacent to an activating group) is 1. The molecule has 13 nitrogen and oxygen atoms in total. The molecule has 54 heavy (non-hydrogen) atoms. The molecule has 0 saturated carbocycles.